The minimum atomic E-state index is -0.805. The second-order valence-corrected chi connectivity index (χ2v) is 8.74. The van der Waals surface area contributed by atoms with Gasteiger partial charge in [-0.05, 0) is 49.7 Å². The largest absolute Gasteiger partial charge is 0.390 e. The average molecular weight is 648 g/mol. The Morgan fingerprint density at radius 1 is 1.09 bits per heavy atom. The van der Waals surface area contributed by atoms with Gasteiger partial charge in [-0.2, -0.15) is 14.1 Å². The smallest absolute Gasteiger partial charge is 0.348 e. The zero-order valence-corrected chi connectivity index (χ0v) is 23.6. The number of halogens is 3. The molecule has 182 valence electrons. The molecule has 0 saturated carbocycles. The number of urea groups is 1. The minimum Gasteiger partial charge on any atom is -0.390 e. The predicted molar refractivity (Wildman–Crippen MR) is 133 cm³/mol. The summed E-state index contributed by atoms with van der Waals surface area (Å²) in [5.74, 6) is -0.278. The van der Waals surface area contributed by atoms with Crippen molar-refractivity contribution in [2.75, 3.05) is 0 Å². The van der Waals surface area contributed by atoms with Gasteiger partial charge in [0.2, 0.25) is 0 Å². The number of aryl methyl sites for hydroxylation is 2. The van der Waals surface area contributed by atoms with Gasteiger partial charge in [0, 0.05) is 26.9 Å². The van der Waals surface area contributed by atoms with E-state index in [1.807, 2.05) is 32.3 Å². The average Bonchev–Trinajstić information content (AvgIpc) is 3.46. The van der Waals surface area contributed by atoms with Crippen LogP contribution in [0, 0.1) is 0 Å². The molecule has 3 heterocycles. The molecule has 1 saturated heterocycles. The van der Waals surface area contributed by atoms with Crippen LogP contribution < -0.4 is 0 Å². The zero-order valence-electron chi connectivity index (χ0n) is 19.8. The Bertz CT molecular complexity index is 859. The van der Waals surface area contributed by atoms with E-state index in [1.165, 1.54) is 3.93 Å². The number of amides is 3. The Balaban J connectivity index is 0.000000440. The van der Waals surface area contributed by atoms with Gasteiger partial charge in [0.15, 0.2) is 0 Å². The topological polar surface area (TPSA) is 117 Å². The van der Waals surface area contributed by atoms with Gasteiger partial charge in [0.05, 0.1) is 55.7 Å². The molecule has 10 nitrogen and oxygen atoms in total. The molecule has 2 N–H and O–H groups in total. The number of rotatable bonds is 4. The Morgan fingerprint density at radius 3 is 1.88 bits per heavy atom. The molecule has 0 unspecified atom stereocenters. The second-order valence-electron chi connectivity index (χ2n) is 6.47. The maximum Gasteiger partial charge on any atom is 0.348 e. The third-order valence-corrected chi connectivity index (χ3v) is 6.45. The van der Waals surface area contributed by atoms with Crippen LogP contribution in [0.25, 0.3) is 0 Å². The molecule has 0 bridgehead atoms. The maximum absolute atomic E-state index is 11.2. The van der Waals surface area contributed by atoms with Crippen molar-refractivity contribution >= 4 is 60.2 Å². The summed E-state index contributed by atoms with van der Waals surface area (Å²) < 4.78 is 12.7. The summed E-state index contributed by atoms with van der Waals surface area (Å²) in [6.07, 6.45) is 3.71. The predicted octanol–water partition coefficient (Wildman–Crippen LogP) is 4.23. The summed E-state index contributed by atoms with van der Waals surface area (Å²) in [4.78, 5) is 22.3. The van der Waals surface area contributed by atoms with Crippen LogP contribution in [-0.2, 0) is 31.1 Å². The molecule has 2 aromatic heterocycles. The van der Waals surface area contributed by atoms with Gasteiger partial charge in [-0.1, -0.05) is 13.8 Å². The minimum absolute atomic E-state index is 0.00637. The second kappa shape index (κ2) is 14.8. The first-order chi connectivity index (χ1) is 15.4. The normalized spacial score (nSPS) is 14.6. The number of aliphatic hydroxyl groups excluding tert-OH is 2. The molecule has 2 aromatic rings. The van der Waals surface area contributed by atoms with Crippen molar-refractivity contribution < 1.29 is 21.2 Å². The van der Waals surface area contributed by atoms with Crippen molar-refractivity contribution in [2.45, 2.75) is 73.4 Å². The lowest BCUT2D eigenvalue weighted by Gasteiger charge is -2.19. The van der Waals surface area contributed by atoms with Crippen molar-refractivity contribution in [3.8, 4) is 0 Å². The number of imide groups is 1. The molecule has 3 amide bonds. The van der Waals surface area contributed by atoms with E-state index in [4.69, 9.17) is 11.6 Å². The number of aromatic nitrogens is 4. The maximum atomic E-state index is 11.2. The van der Waals surface area contributed by atoms with E-state index < -0.39 is 11.6 Å². The molecule has 3 rings (SSSR count). The number of carbonyl (C=O) groups is 2. The monoisotopic (exact) mass is 645 g/mol. The van der Waals surface area contributed by atoms with E-state index in [2.05, 4.69) is 58.4 Å². The van der Waals surface area contributed by atoms with E-state index in [0.717, 1.165) is 27.2 Å². The highest BCUT2D eigenvalue weighted by Crippen LogP contribution is 2.32. The highest BCUT2D eigenvalue weighted by Gasteiger charge is 2.50. The molecule has 0 aromatic carbocycles. The van der Waals surface area contributed by atoms with Gasteiger partial charge in [0.25, 0.3) is 5.91 Å². The lowest BCUT2D eigenvalue weighted by Crippen LogP contribution is -2.37. The third kappa shape index (κ3) is 8.25. The van der Waals surface area contributed by atoms with Crippen LogP contribution in [0.2, 0.25) is 0 Å². The fraction of sp³-hybridized carbons (Fsp3) is 0.579. The van der Waals surface area contributed by atoms with Gasteiger partial charge in [-0.15, -0.1) is 0 Å². The van der Waals surface area contributed by atoms with Gasteiger partial charge < -0.3 is 10.2 Å². The van der Waals surface area contributed by atoms with Gasteiger partial charge in [-0.3, -0.25) is 14.2 Å². The Labute approximate surface area is 215 Å². The van der Waals surface area contributed by atoms with Crippen LogP contribution in [0.3, 0.4) is 0 Å². The number of hydrogen-bond acceptors (Lipinski definition) is 6. The standard InChI is InChI=1S/C6H9BrN2O.C6H10N2O.C5H6Br2N2O2.C2H6/c1-2-9-3-5(7)6(4-10)8-9;1-2-8-4-3-6(5-9)7-8;1-5(2)3(10)8(6)4(11)9(5)7;1-2/h3,10H,2,4H2,1H3;3-4,9H,2,5H2,1H3;1-2H3;1-2H3/i;;;1D. The van der Waals surface area contributed by atoms with Gasteiger partial charge >= 0.3 is 6.03 Å². The van der Waals surface area contributed by atoms with E-state index in [-0.39, 0.29) is 19.1 Å². The molecule has 0 aliphatic carbocycles. The molecule has 0 atom stereocenters. The Hall–Kier alpha value is -1.28. The van der Waals surface area contributed by atoms with Gasteiger partial charge in [0.1, 0.15) is 11.2 Å². The molecule has 0 spiro atoms. The summed E-state index contributed by atoms with van der Waals surface area (Å²) >= 11 is 9.12. The Kier molecular flexibility index (Phi) is 13.3. The lowest BCUT2D eigenvalue weighted by atomic mass is 10.1. The highest BCUT2D eigenvalue weighted by atomic mass is 79.9. The van der Waals surface area contributed by atoms with Crippen molar-refractivity contribution in [1.29, 1.82) is 0 Å². The molecule has 1 aliphatic rings. The van der Waals surface area contributed by atoms with E-state index in [1.54, 1.807) is 30.1 Å². The summed E-state index contributed by atoms with van der Waals surface area (Å²) in [7, 11) is 0. The van der Waals surface area contributed by atoms with Crippen molar-refractivity contribution in [3.63, 3.8) is 0 Å². The van der Waals surface area contributed by atoms with E-state index in [9.17, 15) is 9.59 Å². The fourth-order valence-corrected chi connectivity index (χ4v) is 3.65. The summed E-state index contributed by atoms with van der Waals surface area (Å²) in [5.41, 5.74) is 0.624. The molecule has 1 aliphatic heterocycles. The number of aliphatic hydroxyl groups is 2. The SMILES string of the molecule is CC1(C)C(=O)N(Br)C(=O)N1Br.CCn1cc(Br)c(CO)n1.CCn1ccc(CO)n1.[2H]CC. The van der Waals surface area contributed by atoms with Crippen LogP contribution in [0.5, 0.6) is 0 Å². The van der Waals surface area contributed by atoms with Gasteiger partial charge in [-0.25, -0.2) is 8.72 Å². The van der Waals surface area contributed by atoms with Crippen LogP contribution in [-0.4, -0.2) is 55.1 Å². The van der Waals surface area contributed by atoms with E-state index in [0.29, 0.717) is 12.6 Å². The number of hydrogen-bond donors (Lipinski definition) is 2. The zero-order chi connectivity index (χ0) is 25.8. The number of nitrogens with zero attached hydrogens (tertiary/aromatic N) is 6. The lowest BCUT2D eigenvalue weighted by molar-refractivity contribution is -0.127. The van der Waals surface area contributed by atoms with Crippen LogP contribution in [0.1, 0.15) is 54.3 Å². The van der Waals surface area contributed by atoms with Crippen molar-refractivity contribution in [3.05, 3.63) is 34.3 Å². The quantitative estimate of drug-likeness (QED) is 0.379. The first kappa shape index (κ1) is 28.8. The van der Waals surface area contributed by atoms with Crippen LogP contribution >= 0.6 is 48.2 Å². The molecular weight excluding hydrogens is 616 g/mol. The Morgan fingerprint density at radius 2 is 1.66 bits per heavy atom. The van der Waals surface area contributed by atoms with Crippen molar-refractivity contribution in [1.82, 2.24) is 27.4 Å². The molecule has 32 heavy (non-hydrogen) atoms. The fourth-order valence-electron chi connectivity index (χ4n) is 2.10. The molecule has 1 fully saturated rings. The first-order valence-electron chi connectivity index (χ1n) is 10.4. The summed E-state index contributed by atoms with van der Waals surface area (Å²) in [6, 6.07) is 1.41. The summed E-state index contributed by atoms with van der Waals surface area (Å²) in [5, 5.41) is 25.4. The van der Waals surface area contributed by atoms with E-state index >= 15 is 0 Å². The summed E-state index contributed by atoms with van der Waals surface area (Å²) in [6.45, 7) is 11.3. The molecular formula is C19H31Br3N6O4. The van der Waals surface area contributed by atoms with Crippen molar-refractivity contribution in [2.24, 2.45) is 0 Å². The molecule has 13 heteroatoms. The number of carbonyl (C=O) groups excluding carboxylic acids is 2. The highest BCUT2D eigenvalue weighted by molar-refractivity contribution is 9.10. The third-order valence-electron chi connectivity index (χ3n) is 3.97. The van der Waals surface area contributed by atoms with Crippen LogP contribution in [0.15, 0.2) is 22.9 Å². The van der Waals surface area contributed by atoms with Crippen LogP contribution in [0.4, 0.5) is 4.79 Å². The molecule has 0 radical (unpaired) electrons. The first-order valence-corrected chi connectivity index (χ1v) is 11.9.